The van der Waals surface area contributed by atoms with Gasteiger partial charge in [0.15, 0.2) is 0 Å². The number of hydrogen-bond acceptors (Lipinski definition) is 4. The van der Waals surface area contributed by atoms with Crippen LogP contribution in [-0.4, -0.2) is 53.5 Å². The van der Waals surface area contributed by atoms with E-state index in [4.69, 9.17) is 4.74 Å². The fourth-order valence-electron chi connectivity index (χ4n) is 6.07. The highest BCUT2D eigenvalue weighted by molar-refractivity contribution is 5.94. The van der Waals surface area contributed by atoms with Crippen LogP contribution in [0, 0.1) is 18.8 Å². The minimum atomic E-state index is -0.278. The maximum atomic E-state index is 13.1. The van der Waals surface area contributed by atoms with E-state index < -0.39 is 0 Å². The number of carbonyl (C=O) groups excluding carboxylic acids is 1. The van der Waals surface area contributed by atoms with Crippen LogP contribution in [-0.2, 0) is 0 Å². The van der Waals surface area contributed by atoms with Crippen molar-refractivity contribution in [2.75, 3.05) is 26.7 Å². The van der Waals surface area contributed by atoms with Crippen molar-refractivity contribution in [2.24, 2.45) is 11.8 Å². The molecule has 31 heavy (non-hydrogen) atoms. The van der Waals surface area contributed by atoms with Gasteiger partial charge in [0.2, 0.25) is 0 Å². The van der Waals surface area contributed by atoms with Crippen molar-refractivity contribution in [1.29, 1.82) is 0 Å². The number of carbonyl (C=O) groups is 1. The molecule has 164 valence electrons. The number of piperidine rings is 3. The molecule has 3 aliphatic rings. The van der Waals surface area contributed by atoms with Crippen LogP contribution in [0.15, 0.2) is 41.2 Å². The maximum absolute atomic E-state index is 13.1. The monoisotopic (exact) mass is 421 g/mol. The van der Waals surface area contributed by atoms with E-state index in [2.05, 4.69) is 34.1 Å². The summed E-state index contributed by atoms with van der Waals surface area (Å²) in [5.74, 6) is 1.71. The smallest absolute Gasteiger partial charge is 0.260 e. The molecule has 0 saturated carbocycles. The molecule has 0 spiro atoms. The summed E-state index contributed by atoms with van der Waals surface area (Å²) in [5, 5.41) is 0. The van der Waals surface area contributed by atoms with Crippen molar-refractivity contribution >= 4 is 5.91 Å². The first-order valence-electron chi connectivity index (χ1n) is 11.4. The molecule has 5 rings (SSSR count). The second-order valence-corrected chi connectivity index (χ2v) is 9.44. The molecule has 2 bridgehead atoms. The lowest BCUT2D eigenvalue weighted by Crippen LogP contribution is -2.60. The number of amides is 1. The van der Waals surface area contributed by atoms with Crippen LogP contribution in [0.3, 0.4) is 0 Å². The van der Waals surface area contributed by atoms with Gasteiger partial charge in [-0.05, 0) is 74.3 Å². The number of nitrogens with one attached hydrogen (secondary N) is 1. The average Bonchev–Trinajstić information content (AvgIpc) is 2.78. The van der Waals surface area contributed by atoms with Crippen molar-refractivity contribution in [3.8, 4) is 5.75 Å². The van der Waals surface area contributed by atoms with Crippen LogP contribution in [0.5, 0.6) is 5.75 Å². The lowest BCUT2D eigenvalue weighted by Gasteiger charge is -2.55. The number of fused-ring (bicyclic) bond motifs is 4. The number of hydrogen-bond donors (Lipinski definition) is 1. The van der Waals surface area contributed by atoms with Crippen molar-refractivity contribution in [3.05, 3.63) is 63.6 Å². The third-order valence-electron chi connectivity index (χ3n) is 7.46. The zero-order valence-corrected chi connectivity index (χ0v) is 18.3. The Morgan fingerprint density at radius 3 is 2.61 bits per heavy atom. The summed E-state index contributed by atoms with van der Waals surface area (Å²) in [7, 11) is 1.70. The molecule has 6 nitrogen and oxygen atoms in total. The molecule has 0 aliphatic carbocycles. The SMILES string of the molecule is COc1ccc([C@H]2CCC[C@H]3[C@@H]4C[C@@H](CN(C(=O)c5ccc(C)[nH]c5=O)C4)CN23)cc1. The number of ether oxygens (including phenoxy) is 1. The van der Waals surface area contributed by atoms with E-state index in [0.717, 1.165) is 31.1 Å². The zero-order chi connectivity index (χ0) is 21.5. The van der Waals surface area contributed by atoms with Gasteiger partial charge in [-0.3, -0.25) is 14.5 Å². The van der Waals surface area contributed by atoms with Crippen LogP contribution in [0.4, 0.5) is 0 Å². The Kier molecular flexibility index (Phi) is 5.34. The van der Waals surface area contributed by atoms with E-state index in [9.17, 15) is 9.59 Å². The Morgan fingerprint density at radius 1 is 1.06 bits per heavy atom. The van der Waals surface area contributed by atoms with Gasteiger partial charge in [-0.1, -0.05) is 12.1 Å². The first kappa shape index (κ1) is 20.3. The number of aryl methyl sites for hydroxylation is 1. The summed E-state index contributed by atoms with van der Waals surface area (Å²) in [6.07, 6.45) is 4.77. The number of likely N-dealkylation sites (tertiary alicyclic amines) is 1. The Labute approximate surface area is 183 Å². The third-order valence-corrected chi connectivity index (χ3v) is 7.46. The van der Waals surface area contributed by atoms with Crippen molar-refractivity contribution < 1.29 is 9.53 Å². The van der Waals surface area contributed by atoms with Crippen molar-refractivity contribution in [2.45, 2.75) is 44.7 Å². The summed E-state index contributed by atoms with van der Waals surface area (Å²) in [5.41, 5.74) is 2.13. The van der Waals surface area contributed by atoms with E-state index in [-0.39, 0.29) is 17.0 Å². The number of methoxy groups -OCH3 is 1. The Hall–Kier alpha value is -2.60. The number of H-pyrrole nitrogens is 1. The van der Waals surface area contributed by atoms with E-state index in [0.29, 0.717) is 23.9 Å². The highest BCUT2D eigenvalue weighted by Crippen LogP contribution is 2.44. The molecule has 1 aromatic heterocycles. The average molecular weight is 422 g/mol. The molecule has 3 fully saturated rings. The van der Waals surface area contributed by atoms with Gasteiger partial charge < -0.3 is 14.6 Å². The van der Waals surface area contributed by atoms with E-state index in [1.54, 1.807) is 13.2 Å². The fraction of sp³-hybridized carbons (Fsp3) is 0.520. The molecule has 0 unspecified atom stereocenters. The largest absolute Gasteiger partial charge is 0.497 e. The molecular formula is C25H31N3O3. The van der Waals surface area contributed by atoms with Crippen LogP contribution in [0.25, 0.3) is 0 Å². The highest BCUT2D eigenvalue weighted by Gasteiger charge is 2.45. The predicted octanol–water partition coefficient (Wildman–Crippen LogP) is 3.38. The molecule has 6 heteroatoms. The van der Waals surface area contributed by atoms with E-state index in [1.165, 1.54) is 31.2 Å². The number of benzene rings is 1. The third kappa shape index (κ3) is 3.78. The first-order chi connectivity index (χ1) is 15.0. The summed E-state index contributed by atoms with van der Waals surface area (Å²) in [4.78, 5) is 32.9. The minimum Gasteiger partial charge on any atom is -0.497 e. The molecular weight excluding hydrogens is 390 g/mol. The minimum absolute atomic E-state index is 0.119. The normalized spacial score (nSPS) is 28.1. The topological polar surface area (TPSA) is 65.6 Å². The van der Waals surface area contributed by atoms with Gasteiger partial charge >= 0.3 is 0 Å². The lowest BCUT2D eigenvalue weighted by atomic mass is 9.74. The molecule has 2 aromatic rings. The second-order valence-electron chi connectivity index (χ2n) is 9.44. The number of rotatable bonds is 3. The number of nitrogens with zero attached hydrogens (tertiary/aromatic N) is 2. The molecule has 1 N–H and O–H groups in total. The Balaban J connectivity index is 1.35. The highest BCUT2D eigenvalue weighted by atomic mass is 16.5. The summed E-state index contributed by atoms with van der Waals surface area (Å²) in [6.45, 7) is 4.34. The van der Waals surface area contributed by atoms with Gasteiger partial charge in [0.05, 0.1) is 7.11 Å². The Bertz CT molecular complexity index is 1020. The molecule has 4 heterocycles. The molecule has 0 radical (unpaired) electrons. The van der Waals surface area contributed by atoms with Crippen LogP contribution < -0.4 is 10.3 Å². The second kappa shape index (κ2) is 8.15. The quantitative estimate of drug-likeness (QED) is 0.825. The zero-order valence-electron chi connectivity index (χ0n) is 18.3. The molecule has 1 aromatic carbocycles. The predicted molar refractivity (Wildman–Crippen MR) is 119 cm³/mol. The summed E-state index contributed by atoms with van der Waals surface area (Å²) < 4.78 is 5.33. The molecule has 1 amide bonds. The van der Waals surface area contributed by atoms with Gasteiger partial charge in [0, 0.05) is 37.4 Å². The van der Waals surface area contributed by atoms with Gasteiger partial charge in [0.1, 0.15) is 11.3 Å². The maximum Gasteiger partial charge on any atom is 0.260 e. The molecule has 4 atom stereocenters. The number of aromatic amines is 1. The Morgan fingerprint density at radius 2 is 1.87 bits per heavy atom. The number of aromatic nitrogens is 1. The first-order valence-corrected chi connectivity index (χ1v) is 11.4. The summed E-state index contributed by atoms with van der Waals surface area (Å²) in [6, 6.07) is 13.0. The lowest BCUT2D eigenvalue weighted by molar-refractivity contribution is -0.0511. The standard InChI is InChI=1S/C25H31N3O3/c1-16-6-11-21(24(29)26-16)25(30)27-13-17-12-19(15-27)23-5-3-4-22(28(23)14-17)18-7-9-20(31-2)10-8-18/h6-11,17,19,22-23H,3-5,12-15H2,1-2H3,(H,26,29)/t17-,19+,22+,23-/m0/s1. The molecule has 3 saturated heterocycles. The number of pyridine rings is 1. The van der Waals surface area contributed by atoms with Crippen molar-refractivity contribution in [1.82, 2.24) is 14.8 Å². The van der Waals surface area contributed by atoms with Crippen LogP contribution in [0.1, 0.15) is 53.3 Å². The summed E-state index contributed by atoms with van der Waals surface area (Å²) >= 11 is 0. The fourth-order valence-corrected chi connectivity index (χ4v) is 6.07. The van der Waals surface area contributed by atoms with E-state index in [1.807, 2.05) is 17.9 Å². The van der Waals surface area contributed by atoms with Gasteiger partial charge in [-0.2, -0.15) is 0 Å². The van der Waals surface area contributed by atoms with Crippen molar-refractivity contribution in [3.63, 3.8) is 0 Å². The van der Waals surface area contributed by atoms with E-state index >= 15 is 0 Å². The molecule has 3 aliphatic heterocycles. The van der Waals surface area contributed by atoms with Crippen LogP contribution in [0.2, 0.25) is 0 Å². The van der Waals surface area contributed by atoms with Gasteiger partial charge in [-0.25, -0.2) is 0 Å². The van der Waals surface area contributed by atoms with Gasteiger partial charge in [0.25, 0.3) is 11.5 Å². The van der Waals surface area contributed by atoms with Gasteiger partial charge in [-0.15, -0.1) is 0 Å². The van der Waals surface area contributed by atoms with Crippen LogP contribution >= 0.6 is 0 Å².